The second-order valence-corrected chi connectivity index (χ2v) is 7.97. The number of carbonyl (C=O) groups excluding carboxylic acids is 3. The molecule has 0 aromatic heterocycles. The zero-order valence-electron chi connectivity index (χ0n) is 16.9. The first-order chi connectivity index (χ1) is 13.9. The first-order valence-corrected chi connectivity index (χ1v) is 10.1. The molecule has 2 aromatic carbocycles. The molecule has 1 heterocycles. The van der Waals surface area contributed by atoms with E-state index in [1.165, 1.54) is 0 Å². The molecule has 1 saturated carbocycles. The molecule has 4 N–H and O–H groups in total. The van der Waals surface area contributed by atoms with E-state index >= 15 is 0 Å². The molecule has 0 radical (unpaired) electrons. The molecule has 2 unspecified atom stereocenters. The standard InChI is InChI=1S/C22H26N4O3.ClH/c1-14(26-20(28)22(25-21(26)29)10-4-5-11-22)19(27)24-18(13-23)17-9-8-15-6-2-3-7-16(15)12-17;/h2-3,6-9,12,14,18H,4-5,10-11,13,23H2,1H3,(H,24,27)(H,25,29);1H. The van der Waals surface area contributed by atoms with Gasteiger partial charge in [-0.05, 0) is 42.2 Å². The number of nitrogens with two attached hydrogens (primary N) is 1. The van der Waals surface area contributed by atoms with Crippen molar-refractivity contribution in [2.45, 2.75) is 50.2 Å². The first kappa shape index (κ1) is 22.1. The number of benzene rings is 2. The van der Waals surface area contributed by atoms with E-state index in [9.17, 15) is 14.4 Å². The van der Waals surface area contributed by atoms with Gasteiger partial charge in [-0.3, -0.25) is 9.59 Å². The number of imide groups is 1. The summed E-state index contributed by atoms with van der Waals surface area (Å²) in [6, 6.07) is 12.1. The van der Waals surface area contributed by atoms with Crippen molar-refractivity contribution < 1.29 is 14.4 Å². The summed E-state index contributed by atoms with van der Waals surface area (Å²) in [4.78, 5) is 39.3. The number of hydrogen-bond donors (Lipinski definition) is 3. The van der Waals surface area contributed by atoms with Crippen LogP contribution in [0.15, 0.2) is 42.5 Å². The largest absolute Gasteiger partial charge is 0.346 e. The van der Waals surface area contributed by atoms with Gasteiger partial charge in [-0.25, -0.2) is 9.69 Å². The molecule has 1 aliphatic carbocycles. The Kier molecular flexibility index (Phi) is 6.33. The van der Waals surface area contributed by atoms with Gasteiger partial charge in [0.2, 0.25) is 5.91 Å². The van der Waals surface area contributed by atoms with E-state index in [-0.39, 0.29) is 24.9 Å². The third-order valence-corrected chi connectivity index (χ3v) is 6.15. The summed E-state index contributed by atoms with van der Waals surface area (Å²) in [5.41, 5.74) is 5.99. The minimum Gasteiger partial charge on any atom is -0.346 e. The Hall–Kier alpha value is -2.64. The minimum absolute atomic E-state index is 0. The number of amides is 4. The molecule has 1 aliphatic heterocycles. The molecule has 1 spiro atoms. The summed E-state index contributed by atoms with van der Waals surface area (Å²) in [6.07, 6.45) is 3.06. The molecule has 4 amide bonds. The molecule has 2 fully saturated rings. The third-order valence-electron chi connectivity index (χ3n) is 6.15. The Balaban J connectivity index is 0.00000256. The zero-order chi connectivity index (χ0) is 20.6. The molecule has 4 rings (SSSR count). The second kappa shape index (κ2) is 8.62. The van der Waals surface area contributed by atoms with Crippen molar-refractivity contribution in [3.05, 3.63) is 48.0 Å². The van der Waals surface area contributed by atoms with Crippen molar-refractivity contribution in [3.63, 3.8) is 0 Å². The van der Waals surface area contributed by atoms with Crippen LogP contribution in [0.25, 0.3) is 10.8 Å². The fourth-order valence-electron chi connectivity index (χ4n) is 4.42. The fourth-order valence-corrected chi connectivity index (χ4v) is 4.42. The number of fused-ring (bicyclic) bond motifs is 1. The molecular formula is C22H27ClN4O3. The van der Waals surface area contributed by atoms with Gasteiger partial charge in [-0.2, -0.15) is 0 Å². The van der Waals surface area contributed by atoms with Gasteiger partial charge in [0.25, 0.3) is 5.91 Å². The Morgan fingerprint density at radius 2 is 1.83 bits per heavy atom. The van der Waals surface area contributed by atoms with Crippen LogP contribution in [0.5, 0.6) is 0 Å². The van der Waals surface area contributed by atoms with E-state index < -0.39 is 29.6 Å². The highest BCUT2D eigenvalue weighted by Gasteiger charge is 2.54. The molecule has 8 heteroatoms. The molecule has 1 saturated heterocycles. The Labute approximate surface area is 181 Å². The van der Waals surface area contributed by atoms with Crippen molar-refractivity contribution in [2.75, 3.05) is 6.54 Å². The molecule has 0 bridgehead atoms. The molecule has 2 aromatic rings. The lowest BCUT2D eigenvalue weighted by atomic mass is 9.97. The van der Waals surface area contributed by atoms with Gasteiger partial charge in [0.15, 0.2) is 0 Å². The van der Waals surface area contributed by atoms with Gasteiger partial charge in [-0.1, -0.05) is 49.2 Å². The maximum atomic E-state index is 12.9. The Bertz CT molecular complexity index is 974. The van der Waals surface area contributed by atoms with Gasteiger partial charge in [0.1, 0.15) is 11.6 Å². The summed E-state index contributed by atoms with van der Waals surface area (Å²) in [7, 11) is 0. The van der Waals surface area contributed by atoms with Crippen LogP contribution in [-0.2, 0) is 9.59 Å². The molecule has 7 nitrogen and oxygen atoms in total. The predicted octanol–water partition coefficient (Wildman–Crippen LogP) is 2.63. The monoisotopic (exact) mass is 430 g/mol. The average molecular weight is 431 g/mol. The van der Waals surface area contributed by atoms with Crippen LogP contribution in [0.1, 0.15) is 44.2 Å². The van der Waals surface area contributed by atoms with Gasteiger partial charge >= 0.3 is 6.03 Å². The van der Waals surface area contributed by atoms with Gasteiger partial charge < -0.3 is 16.4 Å². The topological polar surface area (TPSA) is 105 Å². The van der Waals surface area contributed by atoms with E-state index in [1.54, 1.807) is 6.92 Å². The quantitative estimate of drug-likeness (QED) is 0.634. The highest BCUT2D eigenvalue weighted by atomic mass is 35.5. The molecule has 160 valence electrons. The normalized spacial score (nSPS) is 19.5. The van der Waals surface area contributed by atoms with Crippen molar-refractivity contribution in [1.29, 1.82) is 0 Å². The maximum absolute atomic E-state index is 12.9. The van der Waals surface area contributed by atoms with E-state index in [0.717, 1.165) is 34.1 Å². The summed E-state index contributed by atoms with van der Waals surface area (Å²) in [5, 5.41) is 7.89. The minimum atomic E-state index is -0.906. The van der Waals surface area contributed by atoms with E-state index in [0.29, 0.717) is 12.8 Å². The van der Waals surface area contributed by atoms with Crippen LogP contribution in [0.3, 0.4) is 0 Å². The van der Waals surface area contributed by atoms with Gasteiger partial charge in [0.05, 0.1) is 6.04 Å². The van der Waals surface area contributed by atoms with Crippen LogP contribution >= 0.6 is 12.4 Å². The maximum Gasteiger partial charge on any atom is 0.325 e. The van der Waals surface area contributed by atoms with Crippen LogP contribution in [0.4, 0.5) is 4.79 Å². The third kappa shape index (κ3) is 3.75. The average Bonchev–Trinajstić information content (AvgIpc) is 3.29. The van der Waals surface area contributed by atoms with Crippen LogP contribution < -0.4 is 16.4 Å². The van der Waals surface area contributed by atoms with Crippen LogP contribution in [0.2, 0.25) is 0 Å². The first-order valence-electron chi connectivity index (χ1n) is 10.1. The lowest BCUT2D eigenvalue weighted by Crippen LogP contribution is -2.51. The lowest BCUT2D eigenvalue weighted by molar-refractivity contribution is -0.138. The van der Waals surface area contributed by atoms with E-state index in [1.807, 2.05) is 42.5 Å². The fraction of sp³-hybridized carbons (Fsp3) is 0.409. The summed E-state index contributed by atoms with van der Waals surface area (Å²) in [6.45, 7) is 1.79. The predicted molar refractivity (Wildman–Crippen MR) is 117 cm³/mol. The van der Waals surface area contributed by atoms with Crippen molar-refractivity contribution >= 4 is 41.0 Å². The molecule has 30 heavy (non-hydrogen) atoms. The van der Waals surface area contributed by atoms with Gasteiger partial charge in [-0.15, -0.1) is 12.4 Å². The van der Waals surface area contributed by atoms with E-state index in [4.69, 9.17) is 5.73 Å². The molecule has 2 aliphatic rings. The smallest absolute Gasteiger partial charge is 0.325 e. The number of halogens is 1. The SMILES string of the molecule is CC(C(=O)NC(CN)c1ccc2ccccc2c1)N1C(=O)NC2(CCCC2)C1=O.Cl. The summed E-state index contributed by atoms with van der Waals surface area (Å²) < 4.78 is 0. The van der Waals surface area contributed by atoms with Crippen molar-refractivity contribution in [1.82, 2.24) is 15.5 Å². The van der Waals surface area contributed by atoms with E-state index in [2.05, 4.69) is 10.6 Å². The van der Waals surface area contributed by atoms with Crippen molar-refractivity contribution in [2.24, 2.45) is 5.73 Å². The van der Waals surface area contributed by atoms with Crippen LogP contribution in [-0.4, -0.2) is 40.9 Å². The Morgan fingerprint density at radius 3 is 2.50 bits per heavy atom. The number of carbonyl (C=O) groups is 3. The molecular weight excluding hydrogens is 404 g/mol. The van der Waals surface area contributed by atoms with Crippen molar-refractivity contribution in [3.8, 4) is 0 Å². The Morgan fingerprint density at radius 1 is 1.17 bits per heavy atom. The molecule has 2 atom stereocenters. The lowest BCUT2D eigenvalue weighted by Gasteiger charge is -2.26. The number of rotatable bonds is 5. The number of hydrogen-bond acceptors (Lipinski definition) is 4. The van der Waals surface area contributed by atoms with Crippen LogP contribution in [0, 0.1) is 0 Å². The highest BCUT2D eigenvalue weighted by Crippen LogP contribution is 2.35. The number of urea groups is 1. The summed E-state index contributed by atoms with van der Waals surface area (Å²) in [5.74, 6) is -0.690. The number of nitrogens with zero attached hydrogens (tertiary/aromatic N) is 1. The summed E-state index contributed by atoms with van der Waals surface area (Å²) >= 11 is 0. The number of nitrogens with one attached hydrogen (secondary N) is 2. The zero-order valence-corrected chi connectivity index (χ0v) is 17.7. The highest BCUT2D eigenvalue weighted by molar-refractivity contribution is 6.10. The second-order valence-electron chi connectivity index (χ2n) is 7.97. The van der Waals surface area contributed by atoms with Gasteiger partial charge in [0, 0.05) is 6.54 Å².